The number of benzene rings is 4. The summed E-state index contributed by atoms with van der Waals surface area (Å²) in [7, 11) is 0. The fourth-order valence-corrected chi connectivity index (χ4v) is 19.2. The van der Waals surface area contributed by atoms with Gasteiger partial charge in [0, 0.05) is 58.5 Å². The summed E-state index contributed by atoms with van der Waals surface area (Å²) in [5.41, 5.74) is 9.77. The van der Waals surface area contributed by atoms with Gasteiger partial charge in [0.1, 0.15) is 22.1 Å². The lowest BCUT2D eigenvalue weighted by Gasteiger charge is -2.06. The summed E-state index contributed by atoms with van der Waals surface area (Å²) < 4.78 is 43.4. The molecule has 446 valence electrons. The van der Waals surface area contributed by atoms with Crippen LogP contribution < -0.4 is 18.1 Å². The largest absolute Gasteiger partial charge is 0.416 e. The van der Waals surface area contributed by atoms with Crippen molar-refractivity contribution in [3.63, 3.8) is 0 Å². The first kappa shape index (κ1) is 60.8. The molecule has 0 N–H and O–H groups in total. The minimum absolute atomic E-state index is 0.647. The third-order valence-electron chi connectivity index (χ3n) is 15.3. The van der Waals surface area contributed by atoms with Crippen LogP contribution in [0, 0.1) is 6.92 Å². The maximum absolute atomic E-state index is 13.0. The Morgan fingerprint density at radius 2 is 0.663 bits per heavy atom. The first-order valence-corrected chi connectivity index (χ1v) is 36.6. The van der Waals surface area contributed by atoms with Gasteiger partial charge in [-0.25, -0.2) is 19.9 Å². The summed E-state index contributed by atoms with van der Waals surface area (Å²) in [4.78, 5) is 35.5. The van der Waals surface area contributed by atoms with E-state index >= 15 is 0 Å². The van der Waals surface area contributed by atoms with Crippen LogP contribution in [0.5, 0.6) is 0 Å². The highest BCUT2D eigenvalue weighted by Crippen LogP contribution is 2.38. The van der Waals surface area contributed by atoms with Gasteiger partial charge in [0.05, 0.1) is 45.8 Å². The van der Waals surface area contributed by atoms with Crippen LogP contribution in [0.1, 0.15) is 106 Å². The second kappa shape index (κ2) is 27.6. The number of hydrogen-bond acceptors (Lipinski definition) is 12. The Morgan fingerprint density at radius 3 is 1.02 bits per heavy atom. The van der Waals surface area contributed by atoms with Crippen LogP contribution in [0.25, 0.3) is 109 Å². The Bertz CT molecular complexity index is 4870. The third-order valence-corrected chi connectivity index (χ3v) is 24.3. The van der Waals surface area contributed by atoms with E-state index in [1.165, 1.54) is 152 Å². The Kier molecular flexibility index (Phi) is 18.9. The summed E-state index contributed by atoms with van der Waals surface area (Å²) in [6.07, 6.45) is 17.4. The molecule has 14 rings (SSSR count). The molecular formula is C74H61F3N4S8. The monoisotopic (exact) mass is 1320 g/mol. The Morgan fingerprint density at radius 1 is 0.337 bits per heavy atom. The van der Waals surface area contributed by atoms with Crippen molar-refractivity contribution in [1.82, 2.24) is 19.9 Å². The van der Waals surface area contributed by atoms with Gasteiger partial charge in [-0.15, -0.1) is 90.7 Å². The minimum atomic E-state index is -4.35. The number of aromatic nitrogens is 4. The van der Waals surface area contributed by atoms with E-state index in [-0.39, 0.29) is 0 Å². The number of alkyl halides is 3. The standard InChI is InChI=1S/C40H40N2S5.C34H21F3N2S3/c1-3-5-7-9-13-27-17-21-33(43-27)35-23-19-29(45-35)25-37-39-40(42-32-16-12-11-15-31(32)41-39)38(47-37)26-30-20-24-36(46-30)34-22-18-28(44-34)14-10-8-6-4-2;1-20-6-8-21(9-7-20)28-16-14-24(40-28)18-30-32-33(39-27-5-3-2-4-26(27)38-32)31(42-30)19-25-15-17-29(41-25)22-10-12-23(13-11-22)34(35,36)37/h11-12,15-26H,3-10,13-14H2,1-2H3;2-19H,1H3/b37-25-,38-26-;30-18-,31-19-. The predicted octanol–water partition coefficient (Wildman–Crippen LogP) is 21.6. The maximum atomic E-state index is 13.0. The molecule has 0 aliphatic heterocycles. The van der Waals surface area contributed by atoms with Crippen LogP contribution in [0.3, 0.4) is 0 Å². The molecule has 0 atom stereocenters. The summed E-state index contributed by atoms with van der Waals surface area (Å²) in [5.74, 6) is 0. The van der Waals surface area contributed by atoms with Crippen molar-refractivity contribution < 1.29 is 13.2 Å². The topological polar surface area (TPSA) is 51.6 Å². The smallest absolute Gasteiger partial charge is 0.243 e. The van der Waals surface area contributed by atoms with Gasteiger partial charge in [-0.1, -0.05) is 119 Å². The molecule has 0 spiro atoms. The molecule has 0 aliphatic rings. The lowest BCUT2D eigenvalue weighted by Crippen LogP contribution is -2.03. The predicted molar refractivity (Wildman–Crippen MR) is 383 cm³/mol. The number of hydrogen-bond donors (Lipinski definition) is 0. The van der Waals surface area contributed by atoms with Crippen LogP contribution >= 0.6 is 90.7 Å². The normalized spacial score (nSPS) is 12.9. The first-order valence-electron chi connectivity index (χ1n) is 30.1. The number of fused-ring (bicyclic) bond motifs is 4. The average molecular weight is 1320 g/mol. The first-order chi connectivity index (χ1) is 43.5. The lowest BCUT2D eigenvalue weighted by atomic mass is 10.1. The molecule has 0 amide bonds. The average Bonchev–Trinajstić information content (AvgIpc) is 1.86. The molecule has 14 aromatic rings. The maximum Gasteiger partial charge on any atom is 0.416 e. The number of unbranched alkanes of at least 4 members (excludes halogenated alkanes) is 6. The van der Waals surface area contributed by atoms with Gasteiger partial charge >= 0.3 is 6.18 Å². The van der Waals surface area contributed by atoms with E-state index in [1.807, 2.05) is 93.9 Å². The molecule has 0 bridgehead atoms. The molecule has 10 aromatic heterocycles. The number of nitrogens with zero attached hydrogens (tertiary/aromatic N) is 4. The van der Waals surface area contributed by atoms with Crippen LogP contribution in [0.4, 0.5) is 13.2 Å². The van der Waals surface area contributed by atoms with E-state index in [0.29, 0.717) is 0 Å². The summed E-state index contributed by atoms with van der Waals surface area (Å²) >= 11 is 14.4. The van der Waals surface area contributed by atoms with Gasteiger partial charge in [-0.3, -0.25) is 0 Å². The number of aryl methyl sites for hydroxylation is 3. The van der Waals surface area contributed by atoms with Crippen molar-refractivity contribution in [2.45, 2.75) is 91.2 Å². The number of halogens is 3. The highest BCUT2D eigenvalue weighted by Gasteiger charge is 2.30. The highest BCUT2D eigenvalue weighted by molar-refractivity contribution is 7.23. The van der Waals surface area contributed by atoms with E-state index < -0.39 is 11.7 Å². The fourth-order valence-electron chi connectivity index (χ4n) is 10.6. The zero-order chi connectivity index (χ0) is 60.8. The molecule has 4 nitrogen and oxygen atoms in total. The van der Waals surface area contributed by atoms with Crippen molar-refractivity contribution in [1.29, 1.82) is 0 Å². The molecule has 0 saturated carbocycles. The second-order valence-corrected chi connectivity index (χ2v) is 30.9. The van der Waals surface area contributed by atoms with Crippen molar-refractivity contribution in [2.75, 3.05) is 0 Å². The Labute approximate surface area is 547 Å². The van der Waals surface area contributed by atoms with Crippen LogP contribution in [-0.4, -0.2) is 19.9 Å². The van der Waals surface area contributed by atoms with E-state index in [9.17, 15) is 13.2 Å². The van der Waals surface area contributed by atoms with Gasteiger partial charge in [-0.2, -0.15) is 13.2 Å². The molecule has 10 heterocycles. The van der Waals surface area contributed by atoms with Crippen molar-refractivity contribution in [2.24, 2.45) is 0 Å². The zero-order valence-corrected chi connectivity index (χ0v) is 55.8. The van der Waals surface area contributed by atoms with Crippen molar-refractivity contribution in [3.8, 4) is 40.4 Å². The number of rotatable bonds is 18. The molecule has 0 aliphatic carbocycles. The Balaban J connectivity index is 0.000000165. The van der Waals surface area contributed by atoms with E-state index in [2.05, 4.69) is 142 Å². The zero-order valence-electron chi connectivity index (χ0n) is 49.2. The molecule has 0 unspecified atom stereocenters. The van der Waals surface area contributed by atoms with Crippen LogP contribution in [0.15, 0.2) is 170 Å². The second-order valence-electron chi connectivity index (χ2n) is 22.0. The van der Waals surface area contributed by atoms with Crippen molar-refractivity contribution >= 4 is 159 Å². The van der Waals surface area contributed by atoms with Gasteiger partial charge < -0.3 is 0 Å². The minimum Gasteiger partial charge on any atom is -0.243 e. The summed E-state index contributed by atoms with van der Waals surface area (Å²) in [6, 6.07) is 56.5. The fraction of sp³-hybridized carbons (Fsp3) is 0.189. The van der Waals surface area contributed by atoms with Gasteiger partial charge in [0.25, 0.3) is 0 Å². The van der Waals surface area contributed by atoms with Crippen LogP contribution in [0.2, 0.25) is 0 Å². The molecule has 0 fully saturated rings. The SMILES string of the molecule is CCCCCCc1ccc(-c2ccc(/C=c3\s/c(=C\c4ccc(-c5ccc(CCCCCC)s5)s4)c4nc5ccccc5nc34)s2)s1.Cc1ccc(-c2ccc(/C=c3\s/c(=C\c4ccc(-c5ccc(C(F)(F)F)cc5)s4)c4nc5ccccc5nc34)s2)cc1. The molecule has 4 aromatic carbocycles. The highest BCUT2D eigenvalue weighted by atomic mass is 32.1. The van der Waals surface area contributed by atoms with E-state index in [1.54, 1.807) is 34.0 Å². The quantitative estimate of drug-likeness (QED) is 0.0804. The van der Waals surface area contributed by atoms with Gasteiger partial charge in [-0.05, 0) is 177 Å². The summed E-state index contributed by atoms with van der Waals surface area (Å²) in [5, 5.41) is 0. The third kappa shape index (κ3) is 14.4. The van der Waals surface area contributed by atoms with Crippen molar-refractivity contribution in [3.05, 3.63) is 228 Å². The van der Waals surface area contributed by atoms with E-state index in [0.717, 1.165) is 85.5 Å². The number of thiophene rings is 8. The Hall–Kier alpha value is -7.05. The molecule has 15 heteroatoms. The number of para-hydroxylation sites is 4. The molecular weight excluding hydrogens is 1260 g/mol. The van der Waals surface area contributed by atoms with Gasteiger partial charge in [0.2, 0.25) is 0 Å². The molecule has 0 radical (unpaired) electrons. The van der Waals surface area contributed by atoms with Crippen LogP contribution in [-0.2, 0) is 19.0 Å². The van der Waals surface area contributed by atoms with E-state index in [4.69, 9.17) is 19.9 Å². The van der Waals surface area contributed by atoms with Gasteiger partial charge in [0.15, 0.2) is 0 Å². The molecule has 0 saturated heterocycles. The lowest BCUT2D eigenvalue weighted by molar-refractivity contribution is -0.137. The summed E-state index contributed by atoms with van der Waals surface area (Å²) in [6.45, 7) is 6.64. The molecule has 89 heavy (non-hydrogen) atoms.